The molecule has 2 N–H and O–H groups in total. The monoisotopic (exact) mass is 195 g/mol. The van der Waals surface area contributed by atoms with Gasteiger partial charge in [0.1, 0.15) is 0 Å². The molecule has 3 heteroatoms. The normalized spacial score (nSPS) is 24.5. The second-order valence-electron chi connectivity index (χ2n) is 4.57. The molecule has 2 aliphatic rings. The number of nitrogens with one attached hydrogen (secondary N) is 2. The molecule has 80 valence electrons. The van der Waals surface area contributed by atoms with Gasteiger partial charge in [-0.3, -0.25) is 4.99 Å². The zero-order chi connectivity index (χ0) is 9.86. The van der Waals surface area contributed by atoms with Crippen LogP contribution in [-0.2, 0) is 0 Å². The average Bonchev–Trinajstić information content (AvgIpc) is 2.87. The van der Waals surface area contributed by atoms with Gasteiger partial charge in [0.15, 0.2) is 5.96 Å². The summed E-state index contributed by atoms with van der Waals surface area (Å²) in [6, 6.07) is 0. The van der Waals surface area contributed by atoms with E-state index in [9.17, 15) is 0 Å². The lowest BCUT2D eigenvalue weighted by Crippen LogP contribution is -2.40. The van der Waals surface area contributed by atoms with Crippen LogP contribution in [0.5, 0.6) is 0 Å². The minimum Gasteiger partial charge on any atom is -0.356 e. The van der Waals surface area contributed by atoms with E-state index in [1.807, 2.05) is 0 Å². The molecule has 0 bridgehead atoms. The number of hydrogen-bond acceptors (Lipinski definition) is 3. The molecule has 1 heterocycles. The molecule has 0 saturated heterocycles. The average molecular weight is 195 g/mol. The fraction of sp³-hybridized carbons (Fsp3) is 0.909. The van der Waals surface area contributed by atoms with Crippen molar-refractivity contribution in [2.45, 2.75) is 39.0 Å². The van der Waals surface area contributed by atoms with Crippen molar-refractivity contribution in [3.8, 4) is 0 Å². The van der Waals surface area contributed by atoms with Crippen molar-refractivity contribution in [1.29, 1.82) is 0 Å². The zero-order valence-corrected chi connectivity index (χ0v) is 9.10. The molecule has 0 aromatic heterocycles. The van der Waals surface area contributed by atoms with Gasteiger partial charge in [-0.25, -0.2) is 0 Å². The van der Waals surface area contributed by atoms with Gasteiger partial charge >= 0.3 is 0 Å². The first kappa shape index (κ1) is 9.81. The van der Waals surface area contributed by atoms with E-state index in [0.29, 0.717) is 5.41 Å². The molecule has 1 aliphatic heterocycles. The van der Waals surface area contributed by atoms with Gasteiger partial charge in [0.05, 0.1) is 6.54 Å². The number of guanidine groups is 1. The molecule has 0 aromatic carbocycles. The molecule has 1 aliphatic carbocycles. The van der Waals surface area contributed by atoms with E-state index in [2.05, 4.69) is 22.5 Å². The van der Waals surface area contributed by atoms with E-state index in [1.54, 1.807) is 0 Å². The van der Waals surface area contributed by atoms with E-state index >= 15 is 0 Å². The first-order valence-corrected chi connectivity index (χ1v) is 5.87. The van der Waals surface area contributed by atoms with Crippen LogP contribution in [0.4, 0.5) is 0 Å². The van der Waals surface area contributed by atoms with Crippen molar-refractivity contribution in [3.05, 3.63) is 0 Å². The van der Waals surface area contributed by atoms with Crippen molar-refractivity contribution < 1.29 is 0 Å². The molecule has 14 heavy (non-hydrogen) atoms. The maximum atomic E-state index is 4.36. The molecule has 0 radical (unpaired) electrons. The second-order valence-corrected chi connectivity index (χ2v) is 4.57. The summed E-state index contributed by atoms with van der Waals surface area (Å²) in [6.45, 7) is 5.36. The lowest BCUT2D eigenvalue weighted by molar-refractivity contribution is 0.284. The van der Waals surface area contributed by atoms with Crippen LogP contribution in [-0.4, -0.2) is 25.6 Å². The fourth-order valence-corrected chi connectivity index (χ4v) is 2.57. The molecule has 0 spiro atoms. The highest BCUT2D eigenvalue weighted by molar-refractivity contribution is 5.81. The number of nitrogens with zero attached hydrogens (tertiary/aromatic N) is 1. The molecule has 3 nitrogen and oxygen atoms in total. The molecule has 0 atom stereocenters. The zero-order valence-electron chi connectivity index (χ0n) is 9.10. The SMILES string of the molecule is CCC1(CNC2=NCCN2)CCCC1. The molecule has 1 fully saturated rings. The third-order valence-corrected chi connectivity index (χ3v) is 3.72. The minimum absolute atomic E-state index is 0.562. The Morgan fingerprint density at radius 1 is 1.43 bits per heavy atom. The van der Waals surface area contributed by atoms with Gasteiger partial charge in [0.2, 0.25) is 0 Å². The topological polar surface area (TPSA) is 36.4 Å². The van der Waals surface area contributed by atoms with E-state index < -0.39 is 0 Å². The lowest BCUT2D eigenvalue weighted by atomic mass is 9.83. The Hall–Kier alpha value is -0.730. The summed E-state index contributed by atoms with van der Waals surface area (Å²) in [7, 11) is 0. The molecule has 0 aromatic rings. The van der Waals surface area contributed by atoms with Crippen molar-refractivity contribution in [1.82, 2.24) is 10.6 Å². The molecule has 2 rings (SSSR count). The summed E-state index contributed by atoms with van der Waals surface area (Å²) in [5.41, 5.74) is 0.562. The van der Waals surface area contributed by atoms with Gasteiger partial charge in [0, 0.05) is 13.1 Å². The van der Waals surface area contributed by atoms with Crippen LogP contribution < -0.4 is 10.6 Å². The van der Waals surface area contributed by atoms with Crippen LogP contribution in [0.3, 0.4) is 0 Å². The summed E-state index contributed by atoms with van der Waals surface area (Å²) in [5, 5.41) is 6.71. The first-order chi connectivity index (χ1) is 6.85. The Labute approximate surface area is 86.4 Å². The third-order valence-electron chi connectivity index (χ3n) is 3.72. The number of hydrogen-bond donors (Lipinski definition) is 2. The predicted octanol–water partition coefficient (Wildman–Crippen LogP) is 1.51. The predicted molar refractivity (Wildman–Crippen MR) is 59.5 cm³/mol. The van der Waals surface area contributed by atoms with Crippen molar-refractivity contribution in [2.75, 3.05) is 19.6 Å². The van der Waals surface area contributed by atoms with E-state index in [4.69, 9.17) is 0 Å². The van der Waals surface area contributed by atoms with Gasteiger partial charge in [0.25, 0.3) is 0 Å². The molecule has 0 amide bonds. The van der Waals surface area contributed by atoms with E-state index in [1.165, 1.54) is 32.1 Å². The fourth-order valence-electron chi connectivity index (χ4n) is 2.57. The van der Waals surface area contributed by atoms with Crippen LogP contribution >= 0.6 is 0 Å². The summed E-state index contributed by atoms with van der Waals surface area (Å²) in [4.78, 5) is 4.36. The standard InChI is InChI=1S/C11H21N3/c1-2-11(5-3-4-6-11)9-14-10-12-7-8-13-10/h2-9H2,1H3,(H2,12,13,14). The quantitative estimate of drug-likeness (QED) is 0.716. The highest BCUT2D eigenvalue weighted by Gasteiger charge is 2.31. The molecular formula is C11H21N3. The van der Waals surface area contributed by atoms with Gasteiger partial charge in [-0.05, 0) is 24.7 Å². The van der Waals surface area contributed by atoms with Gasteiger partial charge in [-0.1, -0.05) is 19.8 Å². The van der Waals surface area contributed by atoms with Gasteiger partial charge in [-0.2, -0.15) is 0 Å². The minimum atomic E-state index is 0.562. The van der Waals surface area contributed by atoms with Crippen LogP contribution in [0.25, 0.3) is 0 Å². The summed E-state index contributed by atoms with van der Waals surface area (Å²) in [6.07, 6.45) is 6.91. The van der Waals surface area contributed by atoms with Crippen molar-refractivity contribution >= 4 is 5.96 Å². The lowest BCUT2D eigenvalue weighted by Gasteiger charge is -2.28. The van der Waals surface area contributed by atoms with Crippen LogP contribution in [0.2, 0.25) is 0 Å². The molecule has 0 unspecified atom stereocenters. The third kappa shape index (κ3) is 2.02. The Balaban J connectivity index is 1.82. The highest BCUT2D eigenvalue weighted by Crippen LogP contribution is 2.40. The van der Waals surface area contributed by atoms with Crippen molar-refractivity contribution in [2.24, 2.45) is 10.4 Å². The highest BCUT2D eigenvalue weighted by atomic mass is 15.2. The second kappa shape index (κ2) is 4.20. The van der Waals surface area contributed by atoms with Gasteiger partial charge in [-0.15, -0.1) is 0 Å². The first-order valence-electron chi connectivity index (χ1n) is 5.87. The Morgan fingerprint density at radius 3 is 2.79 bits per heavy atom. The van der Waals surface area contributed by atoms with E-state index in [-0.39, 0.29) is 0 Å². The van der Waals surface area contributed by atoms with Gasteiger partial charge < -0.3 is 10.6 Å². The summed E-state index contributed by atoms with van der Waals surface area (Å²) in [5.74, 6) is 1.02. The smallest absolute Gasteiger partial charge is 0.191 e. The van der Waals surface area contributed by atoms with Crippen LogP contribution in [0.15, 0.2) is 4.99 Å². The van der Waals surface area contributed by atoms with E-state index in [0.717, 1.165) is 25.6 Å². The van der Waals surface area contributed by atoms with Crippen molar-refractivity contribution in [3.63, 3.8) is 0 Å². The number of rotatable bonds is 3. The summed E-state index contributed by atoms with van der Waals surface area (Å²) < 4.78 is 0. The Kier molecular flexibility index (Phi) is 2.94. The maximum absolute atomic E-state index is 4.36. The largest absolute Gasteiger partial charge is 0.356 e. The molecular weight excluding hydrogens is 174 g/mol. The molecule has 1 saturated carbocycles. The Bertz CT molecular complexity index is 217. The van der Waals surface area contributed by atoms with Crippen LogP contribution in [0, 0.1) is 5.41 Å². The maximum Gasteiger partial charge on any atom is 0.191 e. The summed E-state index contributed by atoms with van der Waals surface area (Å²) >= 11 is 0. The van der Waals surface area contributed by atoms with Crippen LogP contribution in [0.1, 0.15) is 39.0 Å². The Morgan fingerprint density at radius 2 is 2.21 bits per heavy atom. The number of aliphatic imine (C=N–C) groups is 1.